The van der Waals surface area contributed by atoms with E-state index in [2.05, 4.69) is 11.1 Å². The molecule has 0 N–H and O–H groups in total. The van der Waals surface area contributed by atoms with Gasteiger partial charge < -0.3 is 4.90 Å². The van der Waals surface area contributed by atoms with Gasteiger partial charge in [0.05, 0.1) is 6.04 Å². The summed E-state index contributed by atoms with van der Waals surface area (Å²) in [5.41, 5.74) is 1.17. The van der Waals surface area contributed by atoms with Crippen LogP contribution in [-0.4, -0.2) is 22.3 Å². The standard InChI is InChI=1S/C14H20N2O/c1-11(2)14(17)16-9-4-3-7-13(16)12-6-5-8-15-10-12/h5-6,8,10-11,13H,3-4,7,9H2,1-2H3. The highest BCUT2D eigenvalue weighted by Gasteiger charge is 2.29. The summed E-state index contributed by atoms with van der Waals surface area (Å²) in [7, 11) is 0. The molecule has 1 aromatic heterocycles. The van der Waals surface area contributed by atoms with Crippen molar-refractivity contribution in [2.75, 3.05) is 6.54 Å². The summed E-state index contributed by atoms with van der Waals surface area (Å²) < 4.78 is 0. The molecular weight excluding hydrogens is 212 g/mol. The lowest BCUT2D eigenvalue weighted by molar-refractivity contribution is -0.138. The number of pyridine rings is 1. The molecule has 92 valence electrons. The van der Waals surface area contributed by atoms with Crippen LogP contribution in [0.3, 0.4) is 0 Å². The van der Waals surface area contributed by atoms with E-state index < -0.39 is 0 Å². The molecule has 1 fully saturated rings. The maximum absolute atomic E-state index is 12.2. The minimum Gasteiger partial charge on any atom is -0.335 e. The number of carbonyl (C=O) groups is 1. The summed E-state index contributed by atoms with van der Waals surface area (Å²) in [4.78, 5) is 18.4. The van der Waals surface area contributed by atoms with Crippen molar-refractivity contribution in [1.82, 2.24) is 9.88 Å². The monoisotopic (exact) mass is 232 g/mol. The summed E-state index contributed by atoms with van der Waals surface area (Å²) in [5.74, 6) is 0.339. The molecule has 17 heavy (non-hydrogen) atoms. The molecule has 0 saturated carbocycles. The highest BCUT2D eigenvalue weighted by Crippen LogP contribution is 2.31. The highest BCUT2D eigenvalue weighted by molar-refractivity contribution is 5.78. The van der Waals surface area contributed by atoms with Gasteiger partial charge in [0.2, 0.25) is 5.91 Å². The molecular formula is C14H20N2O. The molecule has 1 amide bonds. The zero-order valence-electron chi connectivity index (χ0n) is 10.6. The minimum atomic E-state index is 0.0762. The normalized spacial score (nSPS) is 20.6. The fourth-order valence-electron chi connectivity index (χ4n) is 2.45. The first-order chi connectivity index (χ1) is 8.20. The Balaban J connectivity index is 2.21. The number of aromatic nitrogens is 1. The molecule has 1 unspecified atom stereocenters. The largest absolute Gasteiger partial charge is 0.335 e. The van der Waals surface area contributed by atoms with Gasteiger partial charge in [0, 0.05) is 24.9 Å². The number of likely N-dealkylation sites (tertiary alicyclic amines) is 1. The van der Waals surface area contributed by atoms with Gasteiger partial charge in [-0.3, -0.25) is 9.78 Å². The zero-order valence-corrected chi connectivity index (χ0v) is 10.6. The van der Waals surface area contributed by atoms with Gasteiger partial charge in [-0.05, 0) is 30.9 Å². The summed E-state index contributed by atoms with van der Waals surface area (Å²) in [5, 5.41) is 0. The Hall–Kier alpha value is -1.38. The Labute approximate surface area is 103 Å². The lowest BCUT2D eigenvalue weighted by Gasteiger charge is -2.37. The third-order valence-electron chi connectivity index (χ3n) is 3.35. The van der Waals surface area contributed by atoms with Crippen LogP contribution in [0.2, 0.25) is 0 Å². The van der Waals surface area contributed by atoms with Gasteiger partial charge in [-0.1, -0.05) is 19.9 Å². The number of hydrogen-bond acceptors (Lipinski definition) is 2. The van der Waals surface area contributed by atoms with E-state index >= 15 is 0 Å². The lowest BCUT2D eigenvalue weighted by Crippen LogP contribution is -2.40. The Morgan fingerprint density at radius 2 is 2.29 bits per heavy atom. The molecule has 0 radical (unpaired) electrons. The number of piperidine rings is 1. The van der Waals surface area contributed by atoms with Crippen LogP contribution in [0.5, 0.6) is 0 Å². The van der Waals surface area contributed by atoms with Gasteiger partial charge in [-0.2, -0.15) is 0 Å². The average Bonchev–Trinajstić information content (AvgIpc) is 2.39. The molecule has 0 bridgehead atoms. The number of amides is 1. The zero-order chi connectivity index (χ0) is 12.3. The third-order valence-corrected chi connectivity index (χ3v) is 3.35. The van der Waals surface area contributed by atoms with Crippen LogP contribution in [0.4, 0.5) is 0 Å². The van der Waals surface area contributed by atoms with Crippen molar-refractivity contribution in [2.45, 2.75) is 39.2 Å². The quantitative estimate of drug-likeness (QED) is 0.785. The Morgan fingerprint density at radius 1 is 1.47 bits per heavy atom. The molecule has 1 saturated heterocycles. The molecule has 0 aliphatic carbocycles. The SMILES string of the molecule is CC(C)C(=O)N1CCCCC1c1cccnc1. The Morgan fingerprint density at radius 3 is 2.94 bits per heavy atom. The number of nitrogens with zero attached hydrogens (tertiary/aromatic N) is 2. The second-order valence-electron chi connectivity index (χ2n) is 4.98. The molecule has 0 spiro atoms. The molecule has 1 aromatic rings. The Kier molecular flexibility index (Phi) is 3.77. The first-order valence-corrected chi connectivity index (χ1v) is 6.40. The molecule has 1 aliphatic rings. The van der Waals surface area contributed by atoms with E-state index in [1.807, 2.05) is 31.0 Å². The molecule has 2 rings (SSSR count). The van der Waals surface area contributed by atoms with Gasteiger partial charge in [-0.25, -0.2) is 0 Å². The topological polar surface area (TPSA) is 33.2 Å². The Bertz CT molecular complexity index is 375. The fraction of sp³-hybridized carbons (Fsp3) is 0.571. The first-order valence-electron chi connectivity index (χ1n) is 6.40. The van der Waals surface area contributed by atoms with Gasteiger partial charge >= 0.3 is 0 Å². The second-order valence-corrected chi connectivity index (χ2v) is 4.98. The molecule has 1 aliphatic heterocycles. The van der Waals surface area contributed by atoms with E-state index in [1.54, 1.807) is 6.20 Å². The number of rotatable bonds is 2. The van der Waals surface area contributed by atoms with E-state index in [4.69, 9.17) is 0 Å². The van der Waals surface area contributed by atoms with Crippen molar-refractivity contribution in [3.8, 4) is 0 Å². The van der Waals surface area contributed by atoms with Crippen molar-refractivity contribution in [3.63, 3.8) is 0 Å². The van der Waals surface area contributed by atoms with Crippen molar-refractivity contribution >= 4 is 5.91 Å². The van der Waals surface area contributed by atoms with E-state index in [9.17, 15) is 4.79 Å². The maximum atomic E-state index is 12.2. The number of carbonyl (C=O) groups excluding carboxylic acids is 1. The van der Waals surface area contributed by atoms with Crippen LogP contribution < -0.4 is 0 Å². The molecule has 3 heteroatoms. The number of hydrogen-bond donors (Lipinski definition) is 0. The maximum Gasteiger partial charge on any atom is 0.225 e. The predicted molar refractivity (Wildman–Crippen MR) is 67.4 cm³/mol. The smallest absolute Gasteiger partial charge is 0.225 e. The summed E-state index contributed by atoms with van der Waals surface area (Å²) in [6.45, 7) is 4.82. The van der Waals surface area contributed by atoms with Crippen LogP contribution in [-0.2, 0) is 4.79 Å². The molecule has 0 aromatic carbocycles. The third kappa shape index (κ3) is 2.65. The summed E-state index contributed by atoms with van der Waals surface area (Å²) >= 11 is 0. The van der Waals surface area contributed by atoms with E-state index in [1.165, 1.54) is 12.0 Å². The van der Waals surface area contributed by atoms with Crippen LogP contribution in [0.25, 0.3) is 0 Å². The van der Waals surface area contributed by atoms with Crippen molar-refractivity contribution in [3.05, 3.63) is 30.1 Å². The van der Waals surface area contributed by atoms with E-state index in [0.29, 0.717) is 0 Å². The van der Waals surface area contributed by atoms with Crippen LogP contribution in [0.15, 0.2) is 24.5 Å². The molecule has 3 nitrogen and oxygen atoms in total. The fourth-order valence-corrected chi connectivity index (χ4v) is 2.45. The minimum absolute atomic E-state index is 0.0762. The van der Waals surface area contributed by atoms with E-state index in [0.717, 1.165) is 19.4 Å². The molecule has 2 heterocycles. The van der Waals surface area contributed by atoms with E-state index in [-0.39, 0.29) is 17.9 Å². The lowest BCUT2D eigenvalue weighted by atomic mass is 9.95. The average molecular weight is 232 g/mol. The van der Waals surface area contributed by atoms with Gasteiger partial charge in [0.25, 0.3) is 0 Å². The van der Waals surface area contributed by atoms with Crippen LogP contribution in [0, 0.1) is 5.92 Å². The van der Waals surface area contributed by atoms with Gasteiger partial charge in [0.1, 0.15) is 0 Å². The van der Waals surface area contributed by atoms with Gasteiger partial charge in [0.15, 0.2) is 0 Å². The van der Waals surface area contributed by atoms with Crippen molar-refractivity contribution in [2.24, 2.45) is 5.92 Å². The second kappa shape index (κ2) is 5.30. The van der Waals surface area contributed by atoms with Crippen molar-refractivity contribution < 1.29 is 4.79 Å². The predicted octanol–water partition coefficient (Wildman–Crippen LogP) is 2.79. The highest BCUT2D eigenvalue weighted by atomic mass is 16.2. The first kappa shape index (κ1) is 12.1. The summed E-state index contributed by atoms with van der Waals surface area (Å²) in [6.07, 6.45) is 7.04. The summed E-state index contributed by atoms with van der Waals surface area (Å²) in [6, 6.07) is 4.25. The molecule has 1 atom stereocenters. The van der Waals surface area contributed by atoms with Gasteiger partial charge in [-0.15, -0.1) is 0 Å². The van der Waals surface area contributed by atoms with Crippen LogP contribution >= 0.6 is 0 Å². The van der Waals surface area contributed by atoms with Crippen molar-refractivity contribution in [1.29, 1.82) is 0 Å². The van der Waals surface area contributed by atoms with Crippen LogP contribution in [0.1, 0.15) is 44.7 Å².